The predicted molar refractivity (Wildman–Crippen MR) is 131 cm³/mol. The molecule has 12 heteroatoms. The van der Waals surface area contributed by atoms with Crippen LogP contribution >= 0.6 is 23.5 Å². The highest BCUT2D eigenvalue weighted by molar-refractivity contribution is 9.10. The zero-order valence-electron chi connectivity index (χ0n) is 18.3. The van der Waals surface area contributed by atoms with Gasteiger partial charge in [-0.25, -0.2) is 9.78 Å². The number of nitrogens with zero attached hydrogens (tertiary/aromatic N) is 2. The zero-order valence-corrected chi connectivity index (χ0v) is 20.7. The average molecular weight is 579 g/mol. The van der Waals surface area contributed by atoms with Crippen LogP contribution in [0.1, 0.15) is 21.5 Å². The van der Waals surface area contributed by atoms with Crippen LogP contribution in [0.15, 0.2) is 87.9 Å². The Bertz CT molecular complexity index is 1440. The van der Waals surface area contributed by atoms with Crippen molar-refractivity contribution < 1.29 is 37.5 Å². The molecular formula is C24H18BrF2N2O6P. The highest BCUT2D eigenvalue weighted by atomic mass is 79.9. The summed E-state index contributed by atoms with van der Waals surface area (Å²) in [5.41, 5.74) is -3.22. The fourth-order valence-electron chi connectivity index (χ4n) is 3.42. The standard InChI is InChI=1S/C24H18BrF2N2O6P/c25-20-12-15(6-11-19(20)24(26,27)36(32,33)34)14-29(18-4-2-1-3-5-18)23-28-13-21(35-23)16-7-9-17(10-8-16)22(30)31/h1-13H,14H2,(H,30,31)(H2,32,33,34). The summed E-state index contributed by atoms with van der Waals surface area (Å²) >= 11 is 3.01. The third kappa shape index (κ3) is 5.24. The first-order valence-corrected chi connectivity index (χ1v) is 12.7. The molecule has 0 bridgehead atoms. The monoisotopic (exact) mass is 578 g/mol. The molecule has 1 aromatic heterocycles. The fraction of sp³-hybridized carbons (Fsp3) is 0.0833. The van der Waals surface area contributed by atoms with Crippen molar-refractivity contribution in [1.82, 2.24) is 4.98 Å². The Morgan fingerprint density at radius 2 is 1.72 bits per heavy atom. The van der Waals surface area contributed by atoms with Gasteiger partial charge in [-0.05, 0) is 35.9 Å². The smallest absolute Gasteiger partial charge is 0.399 e. The minimum atomic E-state index is -5.72. The number of benzene rings is 3. The summed E-state index contributed by atoms with van der Waals surface area (Å²) in [5.74, 6) is -0.661. The number of carboxylic acids is 1. The van der Waals surface area contributed by atoms with Crippen molar-refractivity contribution >= 4 is 41.2 Å². The van der Waals surface area contributed by atoms with Crippen molar-refractivity contribution in [2.75, 3.05) is 4.90 Å². The van der Waals surface area contributed by atoms with Crippen molar-refractivity contribution in [2.24, 2.45) is 0 Å². The van der Waals surface area contributed by atoms with Gasteiger partial charge < -0.3 is 19.3 Å². The second-order valence-electron chi connectivity index (χ2n) is 7.71. The molecule has 36 heavy (non-hydrogen) atoms. The molecule has 4 rings (SSSR count). The summed E-state index contributed by atoms with van der Waals surface area (Å²) in [7, 11) is -5.72. The summed E-state index contributed by atoms with van der Waals surface area (Å²) in [6, 6.07) is 19.0. The number of para-hydroxylation sites is 1. The number of anilines is 2. The van der Waals surface area contributed by atoms with Crippen molar-refractivity contribution in [1.29, 1.82) is 0 Å². The van der Waals surface area contributed by atoms with Crippen LogP contribution in [0.2, 0.25) is 0 Å². The first-order valence-electron chi connectivity index (χ1n) is 10.3. The number of alkyl halides is 2. The maximum Gasteiger partial charge on any atom is 0.399 e. The molecule has 0 atom stereocenters. The molecule has 0 aliphatic carbocycles. The molecule has 3 aromatic carbocycles. The minimum absolute atomic E-state index is 0.127. The maximum atomic E-state index is 14.2. The lowest BCUT2D eigenvalue weighted by Gasteiger charge is -2.23. The molecule has 0 amide bonds. The molecule has 8 nitrogen and oxygen atoms in total. The third-order valence-corrected chi connectivity index (χ3v) is 6.90. The molecule has 0 unspecified atom stereocenters. The van der Waals surface area contributed by atoms with Crippen LogP contribution in [0, 0.1) is 0 Å². The number of aromatic nitrogens is 1. The first-order chi connectivity index (χ1) is 17.0. The van der Waals surface area contributed by atoms with Gasteiger partial charge >= 0.3 is 25.2 Å². The Kier molecular flexibility index (Phi) is 7.10. The van der Waals surface area contributed by atoms with Crippen molar-refractivity contribution in [3.8, 4) is 11.3 Å². The number of hydrogen-bond acceptors (Lipinski definition) is 5. The van der Waals surface area contributed by atoms with Gasteiger partial charge in [-0.3, -0.25) is 9.46 Å². The molecule has 0 fully saturated rings. The molecule has 0 saturated heterocycles. The van der Waals surface area contributed by atoms with Crippen LogP contribution in [0.5, 0.6) is 0 Å². The highest BCUT2D eigenvalue weighted by Gasteiger charge is 2.51. The largest absolute Gasteiger partial charge is 0.478 e. The van der Waals surface area contributed by atoms with Crippen molar-refractivity contribution in [3.05, 3.63) is 100 Å². The van der Waals surface area contributed by atoms with Gasteiger partial charge in [-0.2, -0.15) is 8.78 Å². The lowest BCUT2D eigenvalue weighted by Crippen LogP contribution is -2.18. The second kappa shape index (κ2) is 9.94. The summed E-state index contributed by atoms with van der Waals surface area (Å²) in [6.45, 7) is 0.127. The average Bonchev–Trinajstić information content (AvgIpc) is 3.32. The minimum Gasteiger partial charge on any atom is -0.478 e. The van der Waals surface area contributed by atoms with Crippen molar-refractivity contribution in [2.45, 2.75) is 12.2 Å². The Labute approximate surface area is 212 Å². The van der Waals surface area contributed by atoms with Crippen LogP contribution in [-0.2, 0) is 16.8 Å². The number of oxazole rings is 1. The van der Waals surface area contributed by atoms with E-state index < -0.39 is 24.8 Å². The Balaban J connectivity index is 1.67. The van der Waals surface area contributed by atoms with E-state index in [2.05, 4.69) is 20.9 Å². The van der Waals surface area contributed by atoms with Gasteiger partial charge in [0.1, 0.15) is 0 Å². The molecule has 0 aliphatic rings. The SMILES string of the molecule is O=C(O)c1ccc(-c2cnc(N(Cc3ccc(C(F)(F)P(=O)(O)O)c(Br)c3)c3ccccc3)o2)cc1. The van der Waals surface area contributed by atoms with Gasteiger partial charge in [0, 0.05) is 21.3 Å². The normalized spacial score (nSPS) is 11.9. The van der Waals surface area contributed by atoms with E-state index in [0.717, 1.165) is 6.07 Å². The molecule has 0 spiro atoms. The van der Waals surface area contributed by atoms with E-state index in [1.165, 1.54) is 30.5 Å². The van der Waals surface area contributed by atoms with Crippen molar-refractivity contribution in [3.63, 3.8) is 0 Å². The number of carboxylic acid groups (broad SMARTS) is 1. The van der Waals surface area contributed by atoms with E-state index in [1.54, 1.807) is 41.3 Å². The Morgan fingerprint density at radius 1 is 1.06 bits per heavy atom. The quantitative estimate of drug-likeness (QED) is 0.206. The van der Waals surface area contributed by atoms with Gasteiger partial charge in [0.2, 0.25) is 0 Å². The van der Waals surface area contributed by atoms with Gasteiger partial charge in [0.15, 0.2) is 5.76 Å². The number of halogens is 3. The second-order valence-corrected chi connectivity index (χ2v) is 10.2. The number of aromatic carboxylic acids is 1. The lowest BCUT2D eigenvalue weighted by atomic mass is 10.1. The molecular weight excluding hydrogens is 561 g/mol. The molecule has 1 heterocycles. The van der Waals surface area contributed by atoms with E-state index in [1.807, 2.05) is 6.07 Å². The third-order valence-electron chi connectivity index (χ3n) is 5.27. The van der Waals surface area contributed by atoms with Crippen LogP contribution in [0.3, 0.4) is 0 Å². The van der Waals surface area contributed by atoms with Crippen LogP contribution in [-0.4, -0.2) is 25.8 Å². The maximum absolute atomic E-state index is 14.2. The molecule has 3 N–H and O–H groups in total. The highest BCUT2D eigenvalue weighted by Crippen LogP contribution is 2.60. The number of carbonyl (C=O) groups is 1. The van der Waals surface area contributed by atoms with E-state index >= 15 is 0 Å². The van der Waals surface area contributed by atoms with Crippen LogP contribution in [0.4, 0.5) is 20.5 Å². The Morgan fingerprint density at radius 3 is 2.31 bits per heavy atom. The molecule has 4 aromatic rings. The van der Waals surface area contributed by atoms with Gasteiger partial charge in [-0.15, -0.1) is 0 Å². The van der Waals surface area contributed by atoms with Gasteiger partial charge in [0.25, 0.3) is 0 Å². The number of hydrogen-bond donors (Lipinski definition) is 3. The topological polar surface area (TPSA) is 124 Å². The van der Waals surface area contributed by atoms with E-state index in [4.69, 9.17) is 19.3 Å². The van der Waals surface area contributed by atoms with E-state index in [-0.39, 0.29) is 22.6 Å². The lowest BCUT2D eigenvalue weighted by molar-refractivity contribution is 0.0557. The van der Waals surface area contributed by atoms with E-state index in [9.17, 15) is 18.1 Å². The molecule has 0 aliphatic heterocycles. The molecule has 0 saturated carbocycles. The first kappa shape index (κ1) is 25.7. The summed E-state index contributed by atoms with van der Waals surface area (Å²) in [5, 5.41) is 9.08. The van der Waals surface area contributed by atoms with Gasteiger partial charge in [-0.1, -0.05) is 58.4 Å². The Hall–Kier alpha value is -3.37. The molecule has 0 radical (unpaired) electrons. The summed E-state index contributed by atoms with van der Waals surface area (Å²) in [6.07, 6.45) is 1.49. The predicted octanol–water partition coefficient (Wildman–Crippen LogP) is 6.37. The van der Waals surface area contributed by atoms with Crippen LogP contribution in [0.25, 0.3) is 11.3 Å². The van der Waals surface area contributed by atoms with E-state index in [0.29, 0.717) is 22.6 Å². The fourth-order valence-corrected chi connectivity index (χ4v) is 4.76. The number of rotatable bonds is 8. The summed E-state index contributed by atoms with van der Waals surface area (Å²) < 4.78 is 45.5. The molecule has 186 valence electrons. The van der Waals surface area contributed by atoms with Crippen LogP contribution < -0.4 is 4.90 Å². The zero-order chi connectivity index (χ0) is 26.1. The van der Waals surface area contributed by atoms with Gasteiger partial charge in [0.05, 0.1) is 18.3 Å². The summed E-state index contributed by atoms with van der Waals surface area (Å²) in [4.78, 5) is 35.2.